The zero-order chi connectivity index (χ0) is 17.6. The van der Waals surface area contributed by atoms with E-state index >= 15 is 0 Å². The monoisotopic (exact) mass is 340 g/mol. The third-order valence-electron chi connectivity index (χ3n) is 5.34. The second-order valence-corrected chi connectivity index (χ2v) is 7.23. The number of carbonyl (C=O) groups excluding carboxylic acids is 1. The van der Waals surface area contributed by atoms with Crippen LogP contribution in [0.1, 0.15) is 24.8 Å². The van der Waals surface area contributed by atoms with Gasteiger partial charge in [0, 0.05) is 57.9 Å². The van der Waals surface area contributed by atoms with Crippen LogP contribution in [-0.4, -0.2) is 61.5 Å². The molecule has 5 nitrogen and oxygen atoms in total. The maximum absolute atomic E-state index is 12.4. The quantitative estimate of drug-likeness (QED) is 0.844. The van der Waals surface area contributed by atoms with Crippen LogP contribution >= 0.6 is 0 Å². The number of piperazine rings is 1. The van der Waals surface area contributed by atoms with Crippen molar-refractivity contribution in [2.45, 2.75) is 26.2 Å². The number of carbonyl (C=O) groups is 1. The maximum Gasteiger partial charge on any atom is 0.223 e. The van der Waals surface area contributed by atoms with Crippen LogP contribution in [0.3, 0.4) is 0 Å². The van der Waals surface area contributed by atoms with Crippen LogP contribution in [0.4, 0.5) is 5.69 Å². The molecule has 0 radical (unpaired) electrons. The topological polar surface area (TPSA) is 50.6 Å². The minimum absolute atomic E-state index is 0.0237. The van der Waals surface area contributed by atoms with Gasteiger partial charge in [0.2, 0.25) is 5.91 Å². The number of rotatable bonds is 4. The third kappa shape index (κ3) is 4.73. The second kappa shape index (κ2) is 8.35. The van der Waals surface area contributed by atoms with Crippen molar-refractivity contribution in [3.8, 4) is 6.07 Å². The van der Waals surface area contributed by atoms with Crippen LogP contribution in [0, 0.1) is 24.2 Å². The van der Waals surface area contributed by atoms with Crippen molar-refractivity contribution in [2.75, 3.05) is 50.7 Å². The number of hydrogen-bond donors (Lipinski definition) is 0. The number of nitrogens with zero attached hydrogens (tertiary/aromatic N) is 4. The Hall–Kier alpha value is -2.06. The Morgan fingerprint density at radius 1 is 1.24 bits per heavy atom. The van der Waals surface area contributed by atoms with Crippen molar-refractivity contribution in [2.24, 2.45) is 5.92 Å². The first kappa shape index (κ1) is 17.8. The largest absolute Gasteiger partial charge is 0.369 e. The second-order valence-electron chi connectivity index (χ2n) is 7.23. The van der Waals surface area contributed by atoms with E-state index in [-0.39, 0.29) is 11.8 Å². The fourth-order valence-electron chi connectivity index (χ4n) is 3.78. The summed E-state index contributed by atoms with van der Waals surface area (Å²) in [4.78, 5) is 19.1. The molecule has 25 heavy (non-hydrogen) atoms. The smallest absolute Gasteiger partial charge is 0.223 e. The zero-order valence-corrected chi connectivity index (χ0v) is 15.2. The Balaban J connectivity index is 1.42. The minimum Gasteiger partial charge on any atom is -0.369 e. The van der Waals surface area contributed by atoms with Crippen LogP contribution in [0.15, 0.2) is 24.3 Å². The number of piperidine rings is 1. The van der Waals surface area contributed by atoms with E-state index in [9.17, 15) is 4.79 Å². The molecule has 0 saturated carbocycles. The first-order chi connectivity index (χ1) is 12.2. The van der Waals surface area contributed by atoms with E-state index in [1.54, 1.807) is 0 Å². The predicted octanol–water partition coefficient (Wildman–Crippen LogP) is 2.27. The number of anilines is 1. The number of hydrogen-bond acceptors (Lipinski definition) is 4. The highest BCUT2D eigenvalue weighted by Gasteiger charge is 2.24. The molecule has 2 saturated heterocycles. The van der Waals surface area contributed by atoms with Crippen molar-refractivity contribution in [3.63, 3.8) is 0 Å². The van der Waals surface area contributed by atoms with Crippen molar-refractivity contribution >= 4 is 11.6 Å². The molecule has 0 unspecified atom stereocenters. The summed E-state index contributed by atoms with van der Waals surface area (Å²) in [7, 11) is 0. The van der Waals surface area contributed by atoms with Gasteiger partial charge in [-0.15, -0.1) is 0 Å². The number of likely N-dealkylation sites (tertiary alicyclic amines) is 1. The standard InChI is InChI=1S/C20H28N4O/c1-17-4-2-6-19(14-17)23-12-10-22(11-13-23)9-7-20(25)24-8-3-5-18(15-21)16-24/h2,4,6,14,18H,3,5,7-13,16H2,1H3/t18-/m0/s1. The Labute approximate surface area is 150 Å². The zero-order valence-electron chi connectivity index (χ0n) is 15.2. The summed E-state index contributed by atoms with van der Waals surface area (Å²) in [6.45, 7) is 8.42. The first-order valence-corrected chi connectivity index (χ1v) is 9.37. The normalized spacial score (nSPS) is 21.8. The number of aryl methyl sites for hydroxylation is 1. The van der Waals surface area contributed by atoms with E-state index in [2.05, 4.69) is 47.1 Å². The lowest BCUT2D eigenvalue weighted by Crippen LogP contribution is -2.48. The van der Waals surface area contributed by atoms with Gasteiger partial charge in [-0.25, -0.2) is 0 Å². The highest BCUT2D eigenvalue weighted by atomic mass is 16.2. The fourth-order valence-corrected chi connectivity index (χ4v) is 3.78. The van der Waals surface area contributed by atoms with Gasteiger partial charge in [-0.2, -0.15) is 5.26 Å². The molecule has 0 bridgehead atoms. The Bertz CT molecular complexity index is 631. The summed E-state index contributed by atoms with van der Waals surface area (Å²) in [5.41, 5.74) is 2.59. The third-order valence-corrected chi connectivity index (χ3v) is 5.34. The minimum atomic E-state index is 0.0237. The van der Waals surface area contributed by atoms with Gasteiger partial charge in [0.25, 0.3) is 0 Å². The van der Waals surface area contributed by atoms with Crippen LogP contribution in [0.2, 0.25) is 0 Å². The van der Waals surface area contributed by atoms with E-state index in [0.29, 0.717) is 13.0 Å². The van der Waals surface area contributed by atoms with E-state index in [0.717, 1.165) is 52.1 Å². The Morgan fingerprint density at radius 2 is 2.04 bits per heavy atom. The van der Waals surface area contributed by atoms with Gasteiger partial charge in [-0.3, -0.25) is 9.69 Å². The summed E-state index contributed by atoms with van der Waals surface area (Å²) < 4.78 is 0. The lowest BCUT2D eigenvalue weighted by molar-refractivity contribution is -0.133. The fraction of sp³-hybridized carbons (Fsp3) is 0.600. The lowest BCUT2D eigenvalue weighted by Gasteiger charge is -2.36. The molecule has 0 spiro atoms. The number of nitriles is 1. The van der Waals surface area contributed by atoms with Crippen molar-refractivity contribution in [1.82, 2.24) is 9.80 Å². The van der Waals surface area contributed by atoms with E-state index < -0.39 is 0 Å². The molecule has 3 rings (SSSR count). The van der Waals surface area contributed by atoms with Crippen LogP contribution in [0.25, 0.3) is 0 Å². The summed E-state index contributed by atoms with van der Waals surface area (Å²) in [6, 6.07) is 11.0. The average Bonchev–Trinajstić information content (AvgIpc) is 2.66. The molecule has 0 aromatic heterocycles. The molecule has 134 valence electrons. The summed E-state index contributed by atoms with van der Waals surface area (Å²) in [6.07, 6.45) is 2.46. The van der Waals surface area contributed by atoms with Gasteiger partial charge >= 0.3 is 0 Å². The van der Waals surface area contributed by atoms with Gasteiger partial charge in [-0.1, -0.05) is 12.1 Å². The van der Waals surface area contributed by atoms with Crippen LogP contribution in [0.5, 0.6) is 0 Å². The molecule has 2 heterocycles. The number of benzene rings is 1. The van der Waals surface area contributed by atoms with E-state index in [4.69, 9.17) is 5.26 Å². The first-order valence-electron chi connectivity index (χ1n) is 9.37. The molecule has 1 aromatic rings. The molecule has 1 atom stereocenters. The van der Waals surface area contributed by atoms with Gasteiger partial charge in [0.15, 0.2) is 0 Å². The maximum atomic E-state index is 12.4. The predicted molar refractivity (Wildman–Crippen MR) is 99.4 cm³/mol. The van der Waals surface area contributed by atoms with Crippen molar-refractivity contribution in [1.29, 1.82) is 5.26 Å². The Kier molecular flexibility index (Phi) is 5.93. The lowest BCUT2D eigenvalue weighted by atomic mass is 9.99. The summed E-state index contributed by atoms with van der Waals surface area (Å²) in [5, 5.41) is 9.06. The molecule has 5 heteroatoms. The molecule has 2 aliphatic rings. The van der Waals surface area contributed by atoms with Gasteiger partial charge in [0.05, 0.1) is 12.0 Å². The van der Waals surface area contributed by atoms with Gasteiger partial charge < -0.3 is 9.80 Å². The molecule has 1 aromatic carbocycles. The summed E-state index contributed by atoms with van der Waals surface area (Å²) >= 11 is 0. The van der Waals surface area contributed by atoms with E-state index in [1.807, 2.05) is 4.90 Å². The highest BCUT2D eigenvalue weighted by Crippen LogP contribution is 2.19. The van der Waals surface area contributed by atoms with Gasteiger partial charge in [-0.05, 0) is 37.5 Å². The number of amides is 1. The SMILES string of the molecule is Cc1cccc(N2CCN(CCC(=O)N3CCC[C@@H](C#N)C3)CC2)c1. The highest BCUT2D eigenvalue weighted by molar-refractivity contribution is 5.76. The molecule has 2 fully saturated rings. The molecule has 0 aliphatic carbocycles. The Morgan fingerprint density at radius 3 is 2.76 bits per heavy atom. The molecule has 1 amide bonds. The molecular weight excluding hydrogens is 312 g/mol. The van der Waals surface area contributed by atoms with E-state index in [1.165, 1.54) is 11.3 Å². The van der Waals surface area contributed by atoms with Crippen molar-refractivity contribution in [3.05, 3.63) is 29.8 Å². The van der Waals surface area contributed by atoms with Gasteiger partial charge in [0.1, 0.15) is 0 Å². The van der Waals surface area contributed by atoms with Crippen LogP contribution in [-0.2, 0) is 4.79 Å². The average molecular weight is 340 g/mol. The van der Waals surface area contributed by atoms with Crippen molar-refractivity contribution < 1.29 is 4.79 Å². The molecule has 0 N–H and O–H groups in total. The van der Waals surface area contributed by atoms with Crippen LogP contribution < -0.4 is 4.90 Å². The molecular formula is C20H28N4O. The molecule has 2 aliphatic heterocycles. The summed E-state index contributed by atoms with van der Waals surface area (Å²) in [5.74, 6) is 0.233.